The first-order valence-corrected chi connectivity index (χ1v) is 7.50. The molecule has 0 unspecified atom stereocenters. The molecule has 0 aromatic heterocycles. The first-order chi connectivity index (χ1) is 8.39. The standard InChI is InChI=1S/C13H21NO3S/c1-11(2)12-5-7-13(8-6-12)18(16,17)14(3)9-4-10-15/h5-8,11,15H,4,9-10H2,1-3H3. The second-order valence-corrected chi connectivity index (χ2v) is 6.67. The van der Waals surface area contributed by atoms with Crippen molar-refractivity contribution in [1.29, 1.82) is 0 Å². The first-order valence-electron chi connectivity index (χ1n) is 6.06. The number of rotatable bonds is 6. The van der Waals surface area contributed by atoms with Gasteiger partial charge in [-0.05, 0) is 30.0 Å². The molecule has 0 amide bonds. The van der Waals surface area contributed by atoms with Crippen LogP contribution in [0.4, 0.5) is 0 Å². The lowest BCUT2D eigenvalue weighted by Gasteiger charge is -2.17. The van der Waals surface area contributed by atoms with Crippen LogP contribution in [0.25, 0.3) is 0 Å². The van der Waals surface area contributed by atoms with Gasteiger partial charge in [-0.15, -0.1) is 0 Å². The molecule has 0 saturated heterocycles. The lowest BCUT2D eigenvalue weighted by molar-refractivity contribution is 0.275. The highest BCUT2D eigenvalue weighted by Crippen LogP contribution is 2.19. The molecule has 102 valence electrons. The van der Waals surface area contributed by atoms with Gasteiger partial charge >= 0.3 is 0 Å². The molecular formula is C13H21NO3S. The number of hydrogen-bond acceptors (Lipinski definition) is 3. The Labute approximate surface area is 109 Å². The third kappa shape index (κ3) is 3.54. The van der Waals surface area contributed by atoms with Crippen molar-refractivity contribution in [3.63, 3.8) is 0 Å². The summed E-state index contributed by atoms with van der Waals surface area (Å²) in [6.07, 6.45) is 0.444. The number of benzene rings is 1. The Morgan fingerprint density at radius 2 is 1.78 bits per heavy atom. The molecule has 0 saturated carbocycles. The molecule has 4 nitrogen and oxygen atoms in total. The van der Waals surface area contributed by atoms with E-state index in [0.29, 0.717) is 23.8 Å². The molecule has 0 bridgehead atoms. The summed E-state index contributed by atoms with van der Waals surface area (Å²) in [5, 5.41) is 8.73. The van der Waals surface area contributed by atoms with Crippen molar-refractivity contribution in [2.75, 3.05) is 20.2 Å². The number of aliphatic hydroxyl groups is 1. The largest absolute Gasteiger partial charge is 0.396 e. The molecule has 0 fully saturated rings. The van der Waals surface area contributed by atoms with Gasteiger partial charge in [-0.1, -0.05) is 26.0 Å². The van der Waals surface area contributed by atoms with Crippen LogP contribution in [0, 0.1) is 0 Å². The average Bonchev–Trinajstić information content (AvgIpc) is 2.35. The van der Waals surface area contributed by atoms with Gasteiger partial charge in [-0.3, -0.25) is 0 Å². The molecule has 0 heterocycles. The summed E-state index contributed by atoms with van der Waals surface area (Å²) in [5.41, 5.74) is 1.12. The number of hydrogen-bond donors (Lipinski definition) is 1. The zero-order chi connectivity index (χ0) is 13.8. The molecule has 18 heavy (non-hydrogen) atoms. The van der Waals surface area contributed by atoms with Crippen molar-refractivity contribution in [2.45, 2.75) is 31.1 Å². The van der Waals surface area contributed by atoms with E-state index in [0.717, 1.165) is 5.56 Å². The highest BCUT2D eigenvalue weighted by molar-refractivity contribution is 7.89. The van der Waals surface area contributed by atoms with Crippen LogP contribution in [-0.4, -0.2) is 38.0 Å². The van der Waals surface area contributed by atoms with Crippen molar-refractivity contribution < 1.29 is 13.5 Å². The molecule has 1 aromatic carbocycles. The summed E-state index contributed by atoms with van der Waals surface area (Å²) >= 11 is 0. The van der Waals surface area contributed by atoms with E-state index in [-0.39, 0.29) is 6.61 Å². The maximum absolute atomic E-state index is 12.2. The third-order valence-electron chi connectivity index (χ3n) is 2.89. The Kier molecular flexibility index (Phi) is 5.31. The zero-order valence-electron chi connectivity index (χ0n) is 11.1. The van der Waals surface area contributed by atoms with Crippen molar-refractivity contribution in [3.05, 3.63) is 29.8 Å². The Balaban J connectivity index is 2.91. The van der Waals surface area contributed by atoms with E-state index in [9.17, 15) is 8.42 Å². The minimum absolute atomic E-state index is 0.00779. The van der Waals surface area contributed by atoms with Gasteiger partial charge < -0.3 is 5.11 Å². The molecule has 0 aliphatic heterocycles. The van der Waals surface area contributed by atoms with Crippen LogP contribution in [0.3, 0.4) is 0 Å². The second-order valence-electron chi connectivity index (χ2n) is 4.63. The molecule has 0 aliphatic rings. The average molecular weight is 271 g/mol. The monoisotopic (exact) mass is 271 g/mol. The van der Waals surface area contributed by atoms with Gasteiger partial charge in [0.1, 0.15) is 0 Å². The molecule has 5 heteroatoms. The van der Waals surface area contributed by atoms with Crippen molar-refractivity contribution in [1.82, 2.24) is 4.31 Å². The quantitative estimate of drug-likeness (QED) is 0.858. The molecule has 0 spiro atoms. The molecule has 1 aromatic rings. The lowest BCUT2D eigenvalue weighted by Crippen LogP contribution is -2.28. The van der Waals surface area contributed by atoms with Gasteiger partial charge in [0.15, 0.2) is 0 Å². The van der Waals surface area contributed by atoms with E-state index < -0.39 is 10.0 Å². The summed E-state index contributed by atoms with van der Waals surface area (Å²) in [6, 6.07) is 6.97. The molecular weight excluding hydrogens is 250 g/mol. The third-order valence-corrected chi connectivity index (χ3v) is 4.76. The van der Waals surface area contributed by atoms with E-state index >= 15 is 0 Å². The Morgan fingerprint density at radius 3 is 2.22 bits per heavy atom. The first kappa shape index (κ1) is 15.1. The fourth-order valence-corrected chi connectivity index (χ4v) is 2.83. The predicted molar refractivity (Wildman–Crippen MR) is 72.0 cm³/mol. The van der Waals surface area contributed by atoms with Crippen LogP contribution < -0.4 is 0 Å². The van der Waals surface area contributed by atoms with Crippen LogP contribution in [-0.2, 0) is 10.0 Å². The van der Waals surface area contributed by atoms with Crippen LogP contribution in [0.1, 0.15) is 31.7 Å². The van der Waals surface area contributed by atoms with Crippen molar-refractivity contribution in [3.8, 4) is 0 Å². The topological polar surface area (TPSA) is 57.6 Å². The number of aliphatic hydroxyl groups excluding tert-OH is 1. The summed E-state index contributed by atoms with van der Waals surface area (Å²) in [6.45, 7) is 4.45. The van der Waals surface area contributed by atoms with Crippen LogP contribution in [0.5, 0.6) is 0 Å². The maximum atomic E-state index is 12.2. The normalized spacial score (nSPS) is 12.3. The van der Waals surface area contributed by atoms with E-state index in [1.807, 2.05) is 12.1 Å². The summed E-state index contributed by atoms with van der Waals surface area (Å²) < 4.78 is 25.6. The second kappa shape index (κ2) is 6.31. The minimum Gasteiger partial charge on any atom is -0.396 e. The van der Waals surface area contributed by atoms with E-state index in [2.05, 4.69) is 13.8 Å². The van der Waals surface area contributed by atoms with Crippen LogP contribution in [0.2, 0.25) is 0 Å². The number of sulfonamides is 1. The smallest absolute Gasteiger partial charge is 0.242 e. The minimum atomic E-state index is -3.43. The van der Waals surface area contributed by atoms with E-state index in [4.69, 9.17) is 5.11 Å². The van der Waals surface area contributed by atoms with E-state index in [1.54, 1.807) is 12.1 Å². The Hall–Kier alpha value is -0.910. The summed E-state index contributed by atoms with van der Waals surface area (Å²) in [7, 11) is -1.90. The van der Waals surface area contributed by atoms with Crippen molar-refractivity contribution in [2.24, 2.45) is 0 Å². The molecule has 0 radical (unpaired) electrons. The lowest BCUT2D eigenvalue weighted by atomic mass is 10.0. The van der Waals surface area contributed by atoms with Gasteiger partial charge in [0.25, 0.3) is 0 Å². The fraction of sp³-hybridized carbons (Fsp3) is 0.538. The van der Waals surface area contributed by atoms with E-state index in [1.165, 1.54) is 11.4 Å². The van der Waals surface area contributed by atoms with Gasteiger partial charge in [0.2, 0.25) is 10.0 Å². The van der Waals surface area contributed by atoms with Crippen LogP contribution >= 0.6 is 0 Å². The molecule has 1 rings (SSSR count). The predicted octanol–water partition coefficient (Wildman–Crippen LogP) is 1.81. The summed E-state index contributed by atoms with van der Waals surface area (Å²) in [5.74, 6) is 0.383. The van der Waals surface area contributed by atoms with Gasteiger partial charge in [0.05, 0.1) is 4.90 Å². The molecule has 0 atom stereocenters. The number of nitrogens with zero attached hydrogens (tertiary/aromatic N) is 1. The Morgan fingerprint density at radius 1 is 1.22 bits per heavy atom. The Bertz CT molecular complexity index is 466. The van der Waals surface area contributed by atoms with Gasteiger partial charge in [0, 0.05) is 20.2 Å². The van der Waals surface area contributed by atoms with Crippen LogP contribution in [0.15, 0.2) is 29.2 Å². The summed E-state index contributed by atoms with van der Waals surface area (Å²) in [4.78, 5) is 0.298. The SMILES string of the molecule is CC(C)c1ccc(S(=O)(=O)N(C)CCCO)cc1. The maximum Gasteiger partial charge on any atom is 0.242 e. The van der Waals surface area contributed by atoms with Crippen molar-refractivity contribution >= 4 is 10.0 Å². The highest BCUT2D eigenvalue weighted by atomic mass is 32.2. The molecule has 1 N–H and O–H groups in total. The molecule has 0 aliphatic carbocycles. The fourth-order valence-electron chi connectivity index (χ4n) is 1.62. The van der Waals surface area contributed by atoms with Gasteiger partial charge in [-0.2, -0.15) is 0 Å². The van der Waals surface area contributed by atoms with Gasteiger partial charge in [-0.25, -0.2) is 12.7 Å². The highest BCUT2D eigenvalue weighted by Gasteiger charge is 2.20. The zero-order valence-corrected chi connectivity index (χ0v) is 11.9.